The van der Waals surface area contributed by atoms with Crippen molar-refractivity contribution in [3.05, 3.63) is 64.1 Å². The highest BCUT2D eigenvalue weighted by Gasteiger charge is 2.53. The van der Waals surface area contributed by atoms with E-state index in [1.54, 1.807) is 37.5 Å². The van der Waals surface area contributed by atoms with Gasteiger partial charge >= 0.3 is 5.97 Å². The van der Waals surface area contributed by atoms with Crippen LogP contribution in [0.5, 0.6) is 0 Å². The van der Waals surface area contributed by atoms with Crippen LogP contribution < -0.4 is 5.56 Å². The first-order valence-corrected chi connectivity index (χ1v) is 23.2. The number of rotatable bonds is 8. The molecule has 356 valence electrons. The molecule has 0 amide bonds. The molecule has 63 heavy (non-hydrogen) atoms. The number of ether oxygens (including phenoxy) is 4. The number of carbonyl (C=O) groups is 1. The predicted molar refractivity (Wildman–Crippen MR) is 241 cm³/mol. The number of nitrogens with zero attached hydrogens (tertiary/aromatic N) is 3. The zero-order valence-electron chi connectivity index (χ0n) is 40.0. The fraction of sp³-hybridized carbons (Fsp3) is 0.755. The molecule has 3 saturated heterocycles. The molecule has 0 spiro atoms. The number of benzene rings is 1. The molecule has 5 rings (SSSR count). The number of aromatic nitrogens is 1. The zero-order valence-corrected chi connectivity index (χ0v) is 40.0. The molecule has 0 aliphatic carbocycles. The van der Waals surface area contributed by atoms with Crippen LogP contribution in [0.1, 0.15) is 106 Å². The highest BCUT2D eigenvalue weighted by molar-refractivity contribution is 5.73. The van der Waals surface area contributed by atoms with Gasteiger partial charge in [-0.15, -0.1) is 0 Å². The van der Waals surface area contributed by atoms with E-state index in [1.807, 2.05) is 97.9 Å². The number of aryl methyl sites for hydroxylation is 1. The Labute approximate surface area is 375 Å². The van der Waals surface area contributed by atoms with Crippen LogP contribution in [-0.4, -0.2) is 145 Å². The first-order valence-electron chi connectivity index (χ1n) is 23.2. The van der Waals surface area contributed by atoms with Crippen molar-refractivity contribution in [3.8, 4) is 5.69 Å². The van der Waals surface area contributed by atoms with E-state index in [-0.39, 0.29) is 36.3 Å². The van der Waals surface area contributed by atoms with Crippen LogP contribution in [-0.2, 0) is 30.3 Å². The summed E-state index contributed by atoms with van der Waals surface area (Å²) in [5.74, 6) is -2.98. The Hall–Kier alpha value is -2.76. The zero-order chi connectivity index (χ0) is 46.9. The van der Waals surface area contributed by atoms with E-state index in [9.17, 15) is 35.1 Å². The van der Waals surface area contributed by atoms with E-state index in [2.05, 4.69) is 4.90 Å². The molecule has 0 radical (unpaired) electrons. The molecule has 3 aliphatic rings. The third kappa shape index (κ3) is 11.6. The summed E-state index contributed by atoms with van der Waals surface area (Å²) in [6.45, 7) is 21.2. The molecule has 1 unspecified atom stereocenters. The molecule has 18 atom stereocenters. The Kier molecular flexibility index (Phi) is 16.9. The van der Waals surface area contributed by atoms with Crippen molar-refractivity contribution in [3.63, 3.8) is 0 Å². The van der Waals surface area contributed by atoms with Gasteiger partial charge in [-0.3, -0.25) is 19.1 Å². The largest absolute Gasteiger partial charge is 0.459 e. The molecule has 4 heterocycles. The van der Waals surface area contributed by atoms with Crippen molar-refractivity contribution in [2.75, 3.05) is 20.6 Å². The number of aliphatic hydroxyl groups is 5. The number of aliphatic hydroxyl groups excluding tert-OH is 3. The summed E-state index contributed by atoms with van der Waals surface area (Å²) in [5, 5.41) is 59.4. The third-order valence-electron chi connectivity index (χ3n) is 14.7. The molecule has 3 fully saturated rings. The summed E-state index contributed by atoms with van der Waals surface area (Å²) in [6, 6.07) is 10.2. The van der Waals surface area contributed by atoms with E-state index in [0.29, 0.717) is 25.9 Å². The highest BCUT2D eigenvalue weighted by atomic mass is 16.7. The topological polar surface area (TPSA) is 184 Å². The Bertz CT molecular complexity index is 1840. The molecule has 0 saturated carbocycles. The summed E-state index contributed by atoms with van der Waals surface area (Å²) in [4.78, 5) is 31.0. The molecule has 1 aromatic heterocycles. The van der Waals surface area contributed by atoms with E-state index >= 15 is 0 Å². The third-order valence-corrected chi connectivity index (χ3v) is 14.7. The summed E-state index contributed by atoms with van der Waals surface area (Å²) in [7, 11) is 3.80. The summed E-state index contributed by atoms with van der Waals surface area (Å²) >= 11 is 0. The van der Waals surface area contributed by atoms with Crippen molar-refractivity contribution in [2.24, 2.45) is 29.6 Å². The van der Waals surface area contributed by atoms with Gasteiger partial charge in [-0.2, -0.15) is 0 Å². The lowest BCUT2D eigenvalue weighted by Gasteiger charge is -2.49. The fourth-order valence-corrected chi connectivity index (χ4v) is 11.0. The standard InChI is InChI=1S/C49H79N3O11/c1-14-39-49(11,59)44(56)33(8)50(12)24-28(3)23-48(10,58)45(31(6)41(32(7)46(57)62-39)38-21-29(4)42(54)34(9)61-38)63-47-43(55)37(22-30(5)60-47)51(13)26-35-16-18-36(19-17-35)52-25-27(2)15-20-40(52)53/h15-20,25,28-34,37-39,41-45,47,54-56,58-59H,14,21-24,26H2,1-13H3/t28-,29+,30-,31+,32-,33-,34+,37+,38?,39-,41+,42-,43-,44-,45-,47+,48-,49-/m1/s1. The van der Waals surface area contributed by atoms with E-state index in [1.165, 1.54) is 6.92 Å². The van der Waals surface area contributed by atoms with Gasteiger partial charge in [0.25, 0.3) is 5.56 Å². The van der Waals surface area contributed by atoms with Crippen molar-refractivity contribution >= 4 is 5.97 Å². The first-order chi connectivity index (χ1) is 29.4. The van der Waals surface area contributed by atoms with Crippen LogP contribution in [0.25, 0.3) is 5.69 Å². The SMILES string of the molecule is CC[C@H]1OC(=O)[C@H](C)[C@@H](C2C[C@H](C)[C@@H](O)[C@H](C)O2)[C@H](C)[C@@H](O[C@@H]2O[C@H](C)C[C@H](N(C)Cc3ccc(-n4cc(C)ccc4=O)cc3)[C@H]2O)[C@](C)(O)C[C@@H](C)CN(C)[C@H](C)[C@@H](O)[C@]1(C)O. The lowest BCUT2D eigenvalue weighted by Crippen LogP contribution is -2.60. The van der Waals surface area contributed by atoms with E-state index in [0.717, 1.165) is 16.8 Å². The number of esters is 1. The summed E-state index contributed by atoms with van der Waals surface area (Å²) in [5.41, 5.74) is -0.720. The van der Waals surface area contributed by atoms with E-state index < -0.39 is 96.0 Å². The molecule has 2 aromatic rings. The van der Waals surface area contributed by atoms with Crippen LogP contribution in [0.2, 0.25) is 0 Å². The normalized spacial score (nSPS) is 41.7. The second kappa shape index (κ2) is 20.8. The number of hydrogen-bond donors (Lipinski definition) is 5. The molecule has 0 bridgehead atoms. The van der Waals surface area contributed by atoms with Crippen molar-refractivity contribution in [2.45, 2.75) is 187 Å². The maximum atomic E-state index is 14.5. The lowest BCUT2D eigenvalue weighted by molar-refractivity contribution is -0.301. The van der Waals surface area contributed by atoms with Gasteiger partial charge in [-0.05, 0) is 122 Å². The minimum absolute atomic E-state index is 0.113. The van der Waals surface area contributed by atoms with Crippen LogP contribution in [0.15, 0.2) is 47.4 Å². The lowest BCUT2D eigenvalue weighted by atomic mass is 9.69. The van der Waals surface area contributed by atoms with Gasteiger partial charge in [0, 0.05) is 49.0 Å². The summed E-state index contributed by atoms with van der Waals surface area (Å²) < 4.78 is 27.7. The minimum atomic E-state index is -1.78. The van der Waals surface area contributed by atoms with Crippen LogP contribution in [0.3, 0.4) is 0 Å². The van der Waals surface area contributed by atoms with E-state index in [4.69, 9.17) is 18.9 Å². The highest BCUT2D eigenvalue weighted by Crippen LogP contribution is 2.43. The molecule has 1 aromatic carbocycles. The fourth-order valence-electron chi connectivity index (χ4n) is 11.0. The van der Waals surface area contributed by atoms with Gasteiger partial charge in [0.1, 0.15) is 23.9 Å². The Balaban J connectivity index is 1.50. The van der Waals surface area contributed by atoms with Crippen LogP contribution in [0, 0.1) is 36.5 Å². The molecule has 14 heteroatoms. The second-order valence-corrected chi connectivity index (χ2v) is 20.3. The van der Waals surface area contributed by atoms with Crippen molar-refractivity contribution < 1.29 is 49.3 Å². The summed E-state index contributed by atoms with van der Waals surface area (Å²) in [6.07, 6.45) is -4.47. The van der Waals surface area contributed by atoms with Crippen molar-refractivity contribution in [1.82, 2.24) is 14.4 Å². The molecule has 5 N–H and O–H groups in total. The quantitative estimate of drug-likeness (QED) is 0.235. The maximum Gasteiger partial charge on any atom is 0.309 e. The average Bonchev–Trinajstić information content (AvgIpc) is 3.21. The van der Waals surface area contributed by atoms with Gasteiger partial charge in [0.15, 0.2) is 6.29 Å². The second-order valence-electron chi connectivity index (χ2n) is 20.3. The first kappa shape index (κ1) is 51.2. The molecular formula is C49H79N3O11. The molecule has 14 nitrogen and oxygen atoms in total. The number of pyridine rings is 1. The number of carbonyl (C=O) groups excluding carboxylic acids is 1. The smallest absolute Gasteiger partial charge is 0.309 e. The van der Waals surface area contributed by atoms with Gasteiger partial charge < -0.3 is 49.4 Å². The Morgan fingerprint density at radius 2 is 1.56 bits per heavy atom. The molecular weight excluding hydrogens is 807 g/mol. The van der Waals surface area contributed by atoms with Gasteiger partial charge in [-0.25, -0.2) is 0 Å². The predicted octanol–water partition coefficient (Wildman–Crippen LogP) is 4.43. The minimum Gasteiger partial charge on any atom is -0.459 e. The number of likely N-dealkylation sites (N-methyl/N-ethyl adjacent to an activating group) is 2. The van der Waals surface area contributed by atoms with Gasteiger partial charge in [0.05, 0.1) is 42.0 Å². The van der Waals surface area contributed by atoms with Gasteiger partial charge in [0.2, 0.25) is 0 Å². The Morgan fingerprint density at radius 3 is 2.17 bits per heavy atom. The number of hydrogen-bond acceptors (Lipinski definition) is 13. The molecule has 3 aliphatic heterocycles. The van der Waals surface area contributed by atoms with Gasteiger partial charge in [-0.1, -0.05) is 52.8 Å². The average molecular weight is 886 g/mol. The maximum absolute atomic E-state index is 14.5. The monoisotopic (exact) mass is 886 g/mol. The van der Waals surface area contributed by atoms with Crippen LogP contribution >= 0.6 is 0 Å². The number of cyclic esters (lactones) is 1. The van der Waals surface area contributed by atoms with Crippen LogP contribution in [0.4, 0.5) is 0 Å². The van der Waals surface area contributed by atoms with Crippen molar-refractivity contribution in [1.29, 1.82) is 0 Å². The Morgan fingerprint density at radius 1 is 0.905 bits per heavy atom.